The Labute approximate surface area is 805 Å². The van der Waals surface area contributed by atoms with Gasteiger partial charge in [0.1, 0.15) is 58.8 Å². The topological polar surface area (TPSA) is 358 Å². The number of benzene rings is 8. The van der Waals surface area contributed by atoms with Gasteiger partial charge in [-0.05, 0) is 100.0 Å². The van der Waals surface area contributed by atoms with E-state index in [2.05, 4.69) is 84.1 Å². The summed E-state index contributed by atoms with van der Waals surface area (Å²) >= 11 is 0. The lowest BCUT2D eigenvalue weighted by atomic mass is 9.87. The van der Waals surface area contributed by atoms with E-state index < -0.39 is 21.4 Å². The zero-order valence-corrected chi connectivity index (χ0v) is 81.4. The second-order valence-electron chi connectivity index (χ2n) is 33.9. The van der Waals surface area contributed by atoms with Crippen LogP contribution in [0.3, 0.4) is 0 Å². The first kappa shape index (κ1) is 98.1. The third-order valence-electron chi connectivity index (χ3n) is 23.2. The average molecular weight is 1910 g/mol. The highest BCUT2D eigenvalue weighted by molar-refractivity contribution is 7.90. The van der Waals surface area contributed by atoms with Crippen LogP contribution in [0.1, 0.15) is 34.1 Å². The number of cyclic esters (lactones) is 1. The van der Waals surface area contributed by atoms with Crippen molar-refractivity contribution in [1.82, 2.24) is 93.9 Å². The van der Waals surface area contributed by atoms with Crippen molar-refractivity contribution in [2.45, 2.75) is 45.5 Å². The number of nitrogens with zero attached hydrogens (tertiary/aromatic N) is 21. The summed E-state index contributed by atoms with van der Waals surface area (Å²) in [5.41, 5.74) is 20.2. The Hall–Kier alpha value is -15.4. The van der Waals surface area contributed by atoms with Gasteiger partial charge in [-0.2, -0.15) is 20.4 Å². The number of hydrogen-bond acceptors (Lipinski definition) is 30. The number of fused-ring (bicyclic) bond motifs is 4. The molecule has 1 unspecified atom stereocenters. The molecule has 8 aromatic carbocycles. The maximum absolute atomic E-state index is 13.3. The number of carbonyl (C=O) groups is 1. The molecule has 18 rings (SSSR count). The Morgan fingerprint density at radius 2 is 0.719 bits per heavy atom. The predicted molar refractivity (Wildman–Crippen MR) is 535 cm³/mol. The number of halogens is 1. The largest absolute Gasteiger partial charge is 0.497 e. The number of hydrogen-bond donors (Lipinski definition) is 2. The van der Waals surface area contributed by atoms with Gasteiger partial charge >= 0.3 is 6.09 Å². The summed E-state index contributed by atoms with van der Waals surface area (Å²) in [6.45, 7) is 13.7. The lowest BCUT2D eigenvalue weighted by Crippen LogP contribution is -2.47. The molecule has 2 aliphatic rings. The van der Waals surface area contributed by atoms with Gasteiger partial charge in [0.2, 0.25) is 10.0 Å². The van der Waals surface area contributed by atoms with E-state index in [1.807, 2.05) is 185 Å². The number of alkyl halides is 1. The highest BCUT2D eigenvalue weighted by atomic mass is 32.2. The van der Waals surface area contributed by atoms with Gasteiger partial charge < -0.3 is 77.2 Å². The molecule has 36 nitrogen and oxygen atoms in total. The minimum atomic E-state index is -3.41. The van der Waals surface area contributed by atoms with Crippen LogP contribution in [0, 0.1) is 5.41 Å². The maximum Gasteiger partial charge on any atom is 0.409 e. The number of ether oxygens (including phenoxy) is 10. The van der Waals surface area contributed by atoms with Gasteiger partial charge in [-0.25, -0.2) is 42.3 Å². The Morgan fingerprint density at radius 1 is 0.410 bits per heavy atom. The molecular weight excluding hydrogens is 1790 g/mol. The molecular formula is C101H114FN23O13S. The van der Waals surface area contributed by atoms with E-state index in [9.17, 15) is 17.6 Å². The second kappa shape index (κ2) is 44.6. The molecule has 10 heterocycles. The maximum atomic E-state index is 13.3. The fourth-order valence-corrected chi connectivity index (χ4v) is 16.4. The number of amides is 1. The molecule has 1 amide bonds. The van der Waals surface area contributed by atoms with Crippen LogP contribution in [-0.2, 0) is 47.7 Å². The first-order valence-electron chi connectivity index (χ1n) is 45.1. The number of nitrogens with one attached hydrogen (secondary N) is 2. The van der Waals surface area contributed by atoms with Crippen LogP contribution in [0.5, 0.6) is 46.0 Å². The van der Waals surface area contributed by atoms with Crippen molar-refractivity contribution in [3.63, 3.8) is 0 Å². The summed E-state index contributed by atoms with van der Waals surface area (Å²) < 4.78 is 102. The molecule has 2 N–H and O–H groups in total. The first-order valence-corrected chi connectivity index (χ1v) is 46.6. The van der Waals surface area contributed by atoms with Crippen LogP contribution in [0.25, 0.3) is 89.2 Å². The van der Waals surface area contributed by atoms with Crippen molar-refractivity contribution in [2.75, 3.05) is 155 Å². The van der Waals surface area contributed by atoms with Gasteiger partial charge in [-0.3, -0.25) is 38.7 Å². The molecule has 1 atom stereocenters. The number of carbonyl (C=O) groups excluding carboxylic acids is 1. The molecule has 724 valence electrons. The predicted octanol–water partition coefficient (Wildman–Crippen LogP) is 15.9. The summed E-state index contributed by atoms with van der Waals surface area (Å²) in [7, 11) is 17.1. The number of aryl methyl sites for hydroxylation is 4. The van der Waals surface area contributed by atoms with Crippen LogP contribution in [0.2, 0.25) is 0 Å². The molecule has 0 aliphatic carbocycles. The zero-order valence-electron chi connectivity index (χ0n) is 80.6. The van der Waals surface area contributed by atoms with E-state index in [0.717, 1.165) is 161 Å². The van der Waals surface area contributed by atoms with Crippen LogP contribution in [0.15, 0.2) is 220 Å². The van der Waals surface area contributed by atoms with Crippen LogP contribution < -0.4 is 67.5 Å². The van der Waals surface area contributed by atoms with Crippen LogP contribution in [0.4, 0.5) is 54.7 Å². The Kier molecular flexibility index (Phi) is 31.5. The van der Waals surface area contributed by atoms with Gasteiger partial charge in [0.05, 0.1) is 198 Å². The lowest BCUT2D eigenvalue weighted by Gasteiger charge is -2.42. The van der Waals surface area contributed by atoms with Crippen LogP contribution in [-0.4, -0.2) is 245 Å². The minimum Gasteiger partial charge on any atom is -0.497 e. The van der Waals surface area contributed by atoms with E-state index in [1.165, 1.54) is 0 Å². The molecule has 38 heteroatoms. The summed E-state index contributed by atoms with van der Waals surface area (Å²) in [5.74, 6) is 5.47. The molecule has 139 heavy (non-hydrogen) atoms. The fourth-order valence-electron chi connectivity index (χ4n) is 15.7. The van der Waals surface area contributed by atoms with Crippen molar-refractivity contribution < 1.29 is 65.0 Å². The Balaban J connectivity index is 0.000000140. The van der Waals surface area contributed by atoms with E-state index in [1.54, 1.807) is 157 Å². The van der Waals surface area contributed by atoms with Crippen molar-refractivity contribution in [3.8, 4) is 91.0 Å². The quantitative estimate of drug-likeness (QED) is 0.0344. The van der Waals surface area contributed by atoms with E-state index in [4.69, 9.17) is 67.3 Å². The highest BCUT2D eigenvalue weighted by Crippen LogP contribution is 2.42. The van der Waals surface area contributed by atoms with Crippen molar-refractivity contribution in [3.05, 3.63) is 220 Å². The van der Waals surface area contributed by atoms with Crippen molar-refractivity contribution in [1.29, 1.82) is 0 Å². The van der Waals surface area contributed by atoms with Crippen molar-refractivity contribution >= 4 is 106 Å². The first-order chi connectivity index (χ1) is 67.1. The van der Waals surface area contributed by atoms with Gasteiger partial charge in [0, 0.05) is 251 Å². The van der Waals surface area contributed by atoms with Gasteiger partial charge in [0.15, 0.2) is 0 Å². The molecule has 0 radical (unpaired) electrons. The molecule has 0 saturated carbocycles. The highest BCUT2D eigenvalue weighted by Gasteiger charge is 2.37. The third-order valence-corrected chi connectivity index (χ3v) is 25.1. The molecule has 2 aliphatic heterocycles. The second-order valence-corrected chi connectivity index (χ2v) is 36.2. The van der Waals surface area contributed by atoms with Gasteiger partial charge in [-0.1, -0.05) is 6.92 Å². The smallest absolute Gasteiger partial charge is 0.409 e. The number of sulfonamides is 1. The molecule has 0 spiro atoms. The summed E-state index contributed by atoms with van der Waals surface area (Å²) in [4.78, 5) is 59.9. The number of anilines is 8. The monoisotopic (exact) mass is 1910 g/mol. The lowest BCUT2D eigenvalue weighted by molar-refractivity contribution is -0.0946. The molecule has 16 aromatic rings. The number of rotatable bonds is 36. The Morgan fingerprint density at radius 3 is 0.993 bits per heavy atom. The third kappa shape index (κ3) is 24.5. The number of aromatic nitrogens is 16. The average Bonchev–Trinajstić information content (AvgIpc) is 0.977. The Bertz CT molecular complexity index is 6990. The summed E-state index contributed by atoms with van der Waals surface area (Å²) in [6, 6.07) is 46.9. The molecule has 0 bridgehead atoms. The minimum absolute atomic E-state index is 0.0501. The van der Waals surface area contributed by atoms with Crippen molar-refractivity contribution in [2.24, 2.45) is 33.6 Å². The summed E-state index contributed by atoms with van der Waals surface area (Å²) in [5, 5.41) is 19.6. The van der Waals surface area contributed by atoms with E-state index in [0.29, 0.717) is 98.1 Å². The molecule has 8 aromatic heterocycles. The normalized spacial score (nSPS) is 12.9. The molecule has 2 saturated heterocycles. The standard InChI is InChI=1S/C26H28N6O4.C25H29FN6O2.C25H30N6O4S.C25H27N5O3/c1-30-17-18(15-28-30)25-16-27-23-6-5-19(13-24(23)29-25)32(8-4-7-31-9-10-36-26(31)33)20-11-21(34-2)14-22(12-20)35-3;1-17(26)13-27-7-8-32(20-9-21(33-3)12-22(10-20)34-4)19-5-6-23-24(11-19)30-25(15-28-23)18-14-29-31(2)16-18;1-17(2)36(32,33)28-8-9-31(20-10-21(34-4)13-22(11-20)35-5)19-6-7-23-24(12-19)29-25(15-26-23)18-14-27-30(3)16-18;1-25(15-33-16-25)14-30(19-7-20(31-3)10-21(8-19)32-4)18-5-6-22-23(9-18)28-24(12-26-22)17-11-27-29(2)13-17/h5-6,11-17H,4,7-10H2,1-3H3;5-6,9-12,14-17,27H,7-8,13H2,1-4H3;6-7,10-17,28H,8-9H2,1-5H3;5-13H,14-16H2,1-4H3. The van der Waals surface area contributed by atoms with E-state index >= 15 is 0 Å². The molecule has 2 fully saturated rings. The summed E-state index contributed by atoms with van der Waals surface area (Å²) in [6.07, 6.45) is 21.3. The van der Waals surface area contributed by atoms with Gasteiger partial charge in [0.25, 0.3) is 0 Å². The SMILES string of the molecule is COc1cc(OC)cc(N(CC2(C)COC2)c2ccc3ncc(-c4cnn(C)c4)nc3c2)c1.COc1cc(OC)cc(N(CCCN2CCOC2=O)c2ccc3ncc(-c4cnn(C)c4)nc3c2)c1.COc1cc(OC)cc(N(CCNCC(C)F)c2ccc3ncc(-c4cnn(C)c4)nc3c2)c1.COc1cc(OC)cc(N(CCNS(=O)(=O)C(C)C)c2ccc3ncc(-c4cnn(C)c4)nc3c2)c1. The number of methoxy groups -OCH3 is 8. The van der Waals surface area contributed by atoms with Gasteiger partial charge in [-0.15, -0.1) is 0 Å². The fraction of sp³-hybridized carbons (Fsp3) is 0.317. The van der Waals surface area contributed by atoms with E-state index in [-0.39, 0.29) is 18.1 Å². The van der Waals surface area contributed by atoms with Crippen LogP contribution >= 0.6 is 0 Å². The zero-order chi connectivity index (χ0) is 98.0.